The number of rotatable bonds is 3. The van der Waals surface area contributed by atoms with Gasteiger partial charge >= 0.3 is 0 Å². The molecule has 0 unspecified atom stereocenters. The topological polar surface area (TPSA) is 46.0 Å². The smallest absolute Gasteiger partial charge is 0.138 e. The number of halogens is 1. The molecule has 2 aliphatic rings. The monoisotopic (exact) mass is 331 g/mol. The number of hydrogen-bond donors (Lipinski definition) is 1. The number of benzene rings is 1. The Kier molecular flexibility index (Phi) is 4.09. The summed E-state index contributed by atoms with van der Waals surface area (Å²) in [5.41, 5.74) is 2.82. The fourth-order valence-corrected chi connectivity index (χ4v) is 4.15. The second kappa shape index (κ2) is 6.23. The summed E-state index contributed by atoms with van der Waals surface area (Å²) in [4.78, 5) is 6.64. The number of nitrogens with one attached hydrogen (secondary N) is 1. The number of hydrogen-bond acceptors (Lipinski definition) is 4. The summed E-state index contributed by atoms with van der Waals surface area (Å²) in [6, 6.07) is 6.06. The summed E-state index contributed by atoms with van der Waals surface area (Å²) in [5.74, 6) is 0. The molecule has 0 radical (unpaired) electrons. The number of likely N-dealkylation sites (tertiary alicyclic amines) is 1. The normalized spacial score (nSPS) is 21.1. The molecule has 0 amide bonds. The van der Waals surface area contributed by atoms with Gasteiger partial charge in [-0.05, 0) is 62.0 Å². The lowest BCUT2D eigenvalue weighted by molar-refractivity contribution is 0.194. The van der Waals surface area contributed by atoms with Crippen LogP contribution in [-0.4, -0.2) is 45.8 Å². The zero-order valence-corrected chi connectivity index (χ0v) is 14.0. The van der Waals surface area contributed by atoms with E-state index in [1.54, 1.807) is 17.3 Å². The molecule has 2 aromatic rings. The Morgan fingerprint density at radius 3 is 2.87 bits per heavy atom. The van der Waals surface area contributed by atoms with E-state index in [0.717, 1.165) is 17.3 Å². The molecule has 1 aromatic carbocycles. The van der Waals surface area contributed by atoms with Gasteiger partial charge in [0.1, 0.15) is 12.7 Å². The summed E-state index contributed by atoms with van der Waals surface area (Å²) >= 11 is 6.18. The van der Waals surface area contributed by atoms with Crippen molar-refractivity contribution in [1.82, 2.24) is 25.0 Å². The lowest BCUT2D eigenvalue weighted by Gasteiger charge is -2.34. The van der Waals surface area contributed by atoms with Crippen LogP contribution in [0, 0.1) is 5.41 Å². The van der Waals surface area contributed by atoms with Gasteiger partial charge in [-0.25, -0.2) is 9.67 Å². The highest BCUT2D eigenvalue weighted by Crippen LogP contribution is 2.39. The minimum atomic E-state index is 0.533. The van der Waals surface area contributed by atoms with Gasteiger partial charge < -0.3 is 5.32 Å². The lowest BCUT2D eigenvalue weighted by atomic mass is 9.78. The average molecular weight is 332 g/mol. The molecule has 0 bridgehead atoms. The molecule has 5 nitrogen and oxygen atoms in total. The standard InChI is InChI=1S/C17H22ClN5/c18-15-2-1-14(16(9-15)23-13-20-12-21-23)10-22-8-5-17(11-22)3-6-19-7-4-17/h1-2,9,12-13,19H,3-8,10-11H2. The Hall–Kier alpha value is -1.43. The van der Waals surface area contributed by atoms with Gasteiger partial charge in [-0.1, -0.05) is 17.7 Å². The Bertz CT molecular complexity index is 664. The van der Waals surface area contributed by atoms with Crippen molar-refractivity contribution in [3.8, 4) is 5.69 Å². The Morgan fingerprint density at radius 2 is 2.09 bits per heavy atom. The van der Waals surface area contributed by atoms with Gasteiger partial charge in [0.25, 0.3) is 0 Å². The van der Waals surface area contributed by atoms with Crippen molar-refractivity contribution in [2.45, 2.75) is 25.8 Å². The first-order chi connectivity index (χ1) is 11.2. The first kappa shape index (κ1) is 15.1. The number of piperidine rings is 1. The number of nitrogens with zero attached hydrogens (tertiary/aromatic N) is 4. The van der Waals surface area contributed by atoms with Crippen LogP contribution >= 0.6 is 11.6 Å². The molecule has 0 atom stereocenters. The molecule has 2 aliphatic heterocycles. The van der Waals surface area contributed by atoms with Gasteiger partial charge in [0, 0.05) is 18.1 Å². The molecule has 0 aliphatic carbocycles. The van der Waals surface area contributed by atoms with E-state index in [4.69, 9.17) is 11.6 Å². The van der Waals surface area contributed by atoms with Gasteiger partial charge in [-0.2, -0.15) is 5.10 Å². The third kappa shape index (κ3) is 3.13. The molecule has 1 aromatic heterocycles. The molecular formula is C17H22ClN5. The van der Waals surface area contributed by atoms with E-state index in [2.05, 4.69) is 26.4 Å². The van der Waals surface area contributed by atoms with Crippen LogP contribution in [0.2, 0.25) is 5.02 Å². The van der Waals surface area contributed by atoms with E-state index in [9.17, 15) is 0 Å². The fourth-order valence-electron chi connectivity index (χ4n) is 3.99. The van der Waals surface area contributed by atoms with E-state index < -0.39 is 0 Å². The van der Waals surface area contributed by atoms with E-state index in [-0.39, 0.29) is 0 Å². The molecule has 1 spiro atoms. The predicted octanol–water partition coefficient (Wildman–Crippen LogP) is 2.50. The first-order valence-corrected chi connectivity index (χ1v) is 8.68. The molecule has 4 rings (SSSR count). The van der Waals surface area contributed by atoms with E-state index in [0.29, 0.717) is 5.41 Å². The van der Waals surface area contributed by atoms with Crippen molar-refractivity contribution in [2.75, 3.05) is 26.2 Å². The quantitative estimate of drug-likeness (QED) is 0.938. The molecule has 23 heavy (non-hydrogen) atoms. The maximum Gasteiger partial charge on any atom is 0.138 e. The van der Waals surface area contributed by atoms with Crippen molar-refractivity contribution in [2.24, 2.45) is 5.41 Å². The fraction of sp³-hybridized carbons (Fsp3) is 0.529. The van der Waals surface area contributed by atoms with Crippen LogP contribution in [-0.2, 0) is 6.54 Å². The molecule has 0 saturated carbocycles. The van der Waals surface area contributed by atoms with Crippen molar-refractivity contribution < 1.29 is 0 Å². The van der Waals surface area contributed by atoms with E-state index in [1.807, 2.05) is 12.1 Å². The minimum absolute atomic E-state index is 0.533. The van der Waals surface area contributed by atoms with Crippen LogP contribution < -0.4 is 5.32 Å². The van der Waals surface area contributed by atoms with Gasteiger partial charge in [-0.15, -0.1) is 0 Å². The van der Waals surface area contributed by atoms with E-state index >= 15 is 0 Å². The summed E-state index contributed by atoms with van der Waals surface area (Å²) in [6.45, 7) is 5.66. The SMILES string of the molecule is Clc1ccc(CN2CCC3(CCNCC3)C2)c(-n2cncn2)c1. The highest BCUT2D eigenvalue weighted by atomic mass is 35.5. The molecular weight excluding hydrogens is 310 g/mol. The Morgan fingerprint density at radius 1 is 1.22 bits per heavy atom. The molecule has 3 heterocycles. The summed E-state index contributed by atoms with van der Waals surface area (Å²) in [5, 5.41) is 8.48. The second-order valence-electron chi connectivity index (χ2n) is 6.82. The molecule has 1 N–H and O–H groups in total. The largest absolute Gasteiger partial charge is 0.317 e. The van der Waals surface area contributed by atoms with Crippen molar-refractivity contribution in [3.05, 3.63) is 41.4 Å². The molecule has 2 fully saturated rings. The third-order valence-electron chi connectivity index (χ3n) is 5.29. The Labute approximate surface area is 141 Å². The first-order valence-electron chi connectivity index (χ1n) is 8.31. The maximum absolute atomic E-state index is 6.18. The van der Waals surface area contributed by atoms with Crippen LogP contribution in [0.15, 0.2) is 30.9 Å². The van der Waals surface area contributed by atoms with Crippen molar-refractivity contribution in [3.63, 3.8) is 0 Å². The minimum Gasteiger partial charge on any atom is -0.317 e. The van der Waals surface area contributed by atoms with Crippen LogP contribution in [0.5, 0.6) is 0 Å². The second-order valence-corrected chi connectivity index (χ2v) is 7.26. The predicted molar refractivity (Wildman–Crippen MR) is 90.8 cm³/mol. The van der Waals surface area contributed by atoms with Crippen LogP contribution in [0.25, 0.3) is 5.69 Å². The maximum atomic E-state index is 6.18. The van der Waals surface area contributed by atoms with Crippen LogP contribution in [0.1, 0.15) is 24.8 Å². The van der Waals surface area contributed by atoms with Gasteiger partial charge in [0.15, 0.2) is 0 Å². The van der Waals surface area contributed by atoms with E-state index in [1.165, 1.54) is 51.0 Å². The lowest BCUT2D eigenvalue weighted by Crippen LogP contribution is -2.38. The zero-order chi connectivity index (χ0) is 15.7. The zero-order valence-electron chi connectivity index (χ0n) is 13.2. The molecule has 122 valence electrons. The van der Waals surface area contributed by atoms with Crippen molar-refractivity contribution >= 4 is 11.6 Å². The summed E-state index contributed by atoms with van der Waals surface area (Å²) in [6.07, 6.45) is 7.22. The van der Waals surface area contributed by atoms with Crippen molar-refractivity contribution in [1.29, 1.82) is 0 Å². The summed E-state index contributed by atoms with van der Waals surface area (Å²) < 4.78 is 1.80. The highest BCUT2D eigenvalue weighted by Gasteiger charge is 2.38. The number of aromatic nitrogens is 3. The Balaban J connectivity index is 1.53. The third-order valence-corrected chi connectivity index (χ3v) is 5.52. The molecule has 6 heteroatoms. The van der Waals surface area contributed by atoms with Crippen LogP contribution in [0.4, 0.5) is 0 Å². The summed E-state index contributed by atoms with van der Waals surface area (Å²) in [7, 11) is 0. The van der Waals surface area contributed by atoms with Gasteiger partial charge in [0.05, 0.1) is 5.69 Å². The average Bonchev–Trinajstić information content (AvgIpc) is 3.21. The van der Waals surface area contributed by atoms with Crippen LogP contribution in [0.3, 0.4) is 0 Å². The van der Waals surface area contributed by atoms with Gasteiger partial charge in [0.2, 0.25) is 0 Å². The highest BCUT2D eigenvalue weighted by molar-refractivity contribution is 6.30. The molecule has 2 saturated heterocycles. The van der Waals surface area contributed by atoms with Gasteiger partial charge in [-0.3, -0.25) is 4.90 Å².